The first-order valence-electron chi connectivity index (χ1n) is 4.60. The van der Waals surface area contributed by atoms with Crippen molar-refractivity contribution in [1.82, 2.24) is 0 Å². The Morgan fingerprint density at radius 2 is 1.73 bits per heavy atom. The van der Waals surface area contributed by atoms with E-state index in [2.05, 4.69) is 0 Å². The van der Waals surface area contributed by atoms with Crippen molar-refractivity contribution < 1.29 is 28.4 Å². The number of esters is 1. The van der Waals surface area contributed by atoms with Crippen LogP contribution in [0.1, 0.15) is 26.3 Å². The van der Waals surface area contributed by atoms with E-state index >= 15 is 0 Å². The van der Waals surface area contributed by atoms with Crippen LogP contribution < -0.4 is 18.9 Å². The summed E-state index contributed by atoms with van der Waals surface area (Å²) >= 11 is 0. The van der Waals surface area contributed by atoms with E-state index in [1.54, 1.807) is 0 Å². The van der Waals surface area contributed by atoms with Gasteiger partial charge in [0.05, 0.1) is 0 Å². The molecule has 0 N–H and O–H groups in total. The summed E-state index contributed by atoms with van der Waals surface area (Å²) in [4.78, 5) is 11.4. The predicted molar refractivity (Wildman–Crippen MR) is 55.7 cm³/mol. The molecule has 15 heavy (non-hydrogen) atoms. The Kier molecular flexibility index (Phi) is 5.57. The van der Waals surface area contributed by atoms with Gasteiger partial charge in [0.15, 0.2) is 0 Å². The summed E-state index contributed by atoms with van der Waals surface area (Å²) in [5.41, 5.74) is 0.435. The smallest absolute Gasteiger partial charge is 0.466 e. The van der Waals surface area contributed by atoms with Crippen molar-refractivity contribution in [2.75, 3.05) is 0 Å². The molecule has 1 aromatic rings. The van der Waals surface area contributed by atoms with Crippen LogP contribution in [0.15, 0.2) is 30.3 Å². The monoisotopic (exact) mass is 198 g/mol. The second-order valence-electron chi connectivity index (χ2n) is 4.09. The van der Waals surface area contributed by atoms with Gasteiger partial charge in [-0.3, -0.25) is 4.79 Å². The molecule has 0 aliphatic carbocycles. The molecule has 2 nitrogen and oxygen atoms in total. The third kappa shape index (κ3) is 6.27. The van der Waals surface area contributed by atoms with Crippen molar-refractivity contribution in [1.29, 1.82) is 0 Å². The van der Waals surface area contributed by atoms with E-state index in [1.807, 2.05) is 51.1 Å². The fourth-order valence-corrected chi connectivity index (χ4v) is 1.02. The molecule has 0 fully saturated rings. The summed E-state index contributed by atoms with van der Waals surface area (Å²) in [6.07, 6.45) is 1.49. The average molecular weight is 198 g/mol. The van der Waals surface area contributed by atoms with Crippen molar-refractivity contribution in [2.45, 2.75) is 26.4 Å². The molecule has 0 saturated carbocycles. The van der Waals surface area contributed by atoms with Crippen LogP contribution in [0.2, 0.25) is 0 Å². The average Bonchev–Trinajstić information content (AvgIpc) is 2.02. The topological polar surface area (TPSA) is 26.3 Å². The molecule has 0 aliphatic rings. The zero-order chi connectivity index (χ0) is 10.6. The molecule has 0 aromatic heterocycles. The minimum Gasteiger partial charge on any atom is -0.466 e. The van der Waals surface area contributed by atoms with Crippen LogP contribution in [0, 0.1) is 6.42 Å². The molecule has 1 aromatic carbocycles. The van der Waals surface area contributed by atoms with Gasteiger partial charge >= 0.3 is 18.9 Å². The summed E-state index contributed by atoms with van der Waals surface area (Å²) in [5.74, 6) is -0.302. The number of carbonyl (C=O) groups is 1. The van der Waals surface area contributed by atoms with Crippen LogP contribution in [-0.2, 0) is 9.53 Å². The number of benzene rings is 1. The maximum absolute atomic E-state index is 11.4. The van der Waals surface area contributed by atoms with E-state index < -0.39 is 5.60 Å². The first-order valence-corrected chi connectivity index (χ1v) is 4.60. The molecule has 3 heteroatoms. The molecule has 0 aliphatic heterocycles. The third-order valence-electron chi connectivity index (χ3n) is 1.49. The van der Waals surface area contributed by atoms with E-state index in [9.17, 15) is 4.79 Å². The molecule has 76 valence electrons. The molecule has 0 bridgehead atoms. The van der Waals surface area contributed by atoms with Gasteiger partial charge in [-0.2, -0.15) is 17.7 Å². The van der Waals surface area contributed by atoms with E-state index in [0.717, 1.165) is 5.56 Å². The van der Waals surface area contributed by atoms with Crippen LogP contribution in [0.5, 0.6) is 0 Å². The number of ether oxygens (including phenoxy) is 1. The Balaban J connectivity index is 0.00000196. The van der Waals surface area contributed by atoms with E-state index in [0.29, 0.717) is 0 Å². The van der Waals surface area contributed by atoms with Crippen LogP contribution in [0.3, 0.4) is 0 Å². The van der Waals surface area contributed by atoms with Crippen molar-refractivity contribution in [3.63, 3.8) is 0 Å². The van der Waals surface area contributed by atoms with Crippen LogP contribution in [-0.4, -0.2) is 11.6 Å². The summed E-state index contributed by atoms with van der Waals surface area (Å²) in [7, 11) is 0. The fourth-order valence-electron chi connectivity index (χ4n) is 1.02. The van der Waals surface area contributed by atoms with E-state index in [4.69, 9.17) is 4.74 Å². The molecule has 0 spiro atoms. The van der Waals surface area contributed by atoms with E-state index in [1.165, 1.54) is 6.42 Å². The van der Waals surface area contributed by atoms with Gasteiger partial charge in [0.25, 0.3) is 5.97 Å². The normalized spacial score (nSPS) is 10.1. The standard InChI is InChI=1S/C12H15O2.Li/c1-12(2,3)14-11(13)9-10-7-5-4-6-8-10;/h4-9H,1-3H3;/q-1;+1. The molecular weight excluding hydrogens is 183 g/mol. The molecule has 0 saturated heterocycles. The summed E-state index contributed by atoms with van der Waals surface area (Å²) in [6.45, 7) is 5.55. The van der Waals surface area contributed by atoms with Gasteiger partial charge in [0.1, 0.15) is 5.60 Å². The second-order valence-corrected chi connectivity index (χ2v) is 4.09. The number of rotatable bonds is 2. The zero-order valence-corrected chi connectivity index (χ0v) is 9.78. The largest absolute Gasteiger partial charge is 1.00 e. The van der Waals surface area contributed by atoms with Crippen molar-refractivity contribution in [3.05, 3.63) is 42.3 Å². The molecular formula is C12H15LiO2. The van der Waals surface area contributed by atoms with Gasteiger partial charge in [-0.15, -0.1) is 12.1 Å². The van der Waals surface area contributed by atoms with Crippen molar-refractivity contribution in [2.24, 2.45) is 0 Å². The Hall–Kier alpha value is -0.843. The minimum absolute atomic E-state index is 0. The predicted octanol–water partition coefficient (Wildman–Crippen LogP) is -0.415. The summed E-state index contributed by atoms with van der Waals surface area (Å²) < 4.78 is 5.15. The second kappa shape index (κ2) is 5.90. The number of carbonyl (C=O) groups excluding carboxylic acids is 1. The van der Waals surface area contributed by atoms with Gasteiger partial charge in [-0.05, 0) is 20.8 Å². The molecule has 0 atom stereocenters. The Morgan fingerprint density at radius 1 is 1.20 bits per heavy atom. The number of hydrogen-bond donors (Lipinski definition) is 0. The maximum Gasteiger partial charge on any atom is 1.00 e. The summed E-state index contributed by atoms with van der Waals surface area (Å²) in [5, 5.41) is 0. The van der Waals surface area contributed by atoms with Crippen LogP contribution in [0.25, 0.3) is 0 Å². The van der Waals surface area contributed by atoms with Gasteiger partial charge in [0, 0.05) is 0 Å². The fraction of sp³-hybridized carbons (Fsp3) is 0.333. The van der Waals surface area contributed by atoms with Crippen molar-refractivity contribution in [3.8, 4) is 0 Å². The Morgan fingerprint density at radius 3 is 2.20 bits per heavy atom. The Bertz CT molecular complexity index is 301. The van der Waals surface area contributed by atoms with Crippen LogP contribution >= 0.6 is 0 Å². The SMILES string of the molecule is CC(C)(C)OC(=O)[CH-]c1ccccc1.[Li+]. The molecule has 0 unspecified atom stereocenters. The number of hydrogen-bond acceptors (Lipinski definition) is 2. The quantitative estimate of drug-likeness (QED) is 0.366. The van der Waals surface area contributed by atoms with Gasteiger partial charge in [-0.25, -0.2) is 0 Å². The molecule has 0 amide bonds. The van der Waals surface area contributed by atoms with Crippen LogP contribution in [0.4, 0.5) is 0 Å². The molecule has 0 radical (unpaired) electrons. The van der Waals surface area contributed by atoms with E-state index in [-0.39, 0.29) is 24.8 Å². The molecule has 0 heterocycles. The summed E-state index contributed by atoms with van der Waals surface area (Å²) in [6, 6.07) is 9.41. The first-order chi connectivity index (χ1) is 6.47. The van der Waals surface area contributed by atoms with Crippen molar-refractivity contribution >= 4 is 5.97 Å². The maximum atomic E-state index is 11.4. The van der Waals surface area contributed by atoms with Gasteiger partial charge in [0.2, 0.25) is 0 Å². The van der Waals surface area contributed by atoms with Gasteiger partial charge < -0.3 is 4.74 Å². The molecule has 1 rings (SSSR count). The minimum atomic E-state index is -0.428. The van der Waals surface area contributed by atoms with Gasteiger partial charge in [-0.1, -0.05) is 12.5 Å². The zero-order valence-electron chi connectivity index (χ0n) is 9.78. The first kappa shape index (κ1) is 14.2. The third-order valence-corrected chi connectivity index (χ3v) is 1.49. The Labute approximate surface area is 103 Å².